The predicted molar refractivity (Wildman–Crippen MR) is 135 cm³/mol. The van der Waals surface area contributed by atoms with Crippen molar-refractivity contribution >= 4 is 50.6 Å². The number of hydrogen-bond donors (Lipinski definition) is 2. The molecule has 2 amide bonds. The van der Waals surface area contributed by atoms with Gasteiger partial charge in [0.25, 0.3) is 0 Å². The number of aromatic nitrogens is 1. The summed E-state index contributed by atoms with van der Waals surface area (Å²) in [6.07, 6.45) is 0. The van der Waals surface area contributed by atoms with Gasteiger partial charge in [-0.2, -0.15) is 0 Å². The van der Waals surface area contributed by atoms with Crippen molar-refractivity contribution in [2.45, 2.75) is 0 Å². The van der Waals surface area contributed by atoms with Crippen LogP contribution in [0.1, 0.15) is 0 Å². The highest BCUT2D eigenvalue weighted by Gasteiger charge is 2.17. The van der Waals surface area contributed by atoms with Gasteiger partial charge in [0.2, 0.25) is 0 Å². The second-order valence-corrected chi connectivity index (χ2v) is 8.64. The number of amides is 2. The van der Waals surface area contributed by atoms with Crippen LogP contribution in [0.5, 0.6) is 0 Å². The number of urea groups is 1. The molecule has 33 heavy (non-hydrogen) atoms. The summed E-state index contributed by atoms with van der Waals surface area (Å²) in [7, 11) is 0. The number of pyridine rings is 1. The highest BCUT2D eigenvalue weighted by atomic mass is 35.5. The fourth-order valence-electron chi connectivity index (χ4n) is 3.56. The van der Waals surface area contributed by atoms with Crippen molar-refractivity contribution in [3.63, 3.8) is 0 Å². The lowest BCUT2D eigenvalue weighted by atomic mass is 10.00. The number of fused-ring (bicyclic) bond motifs is 1. The Kier molecular flexibility index (Phi) is 5.77. The Hall–Kier alpha value is -3.74. The molecule has 0 aliphatic heterocycles. The Morgan fingerprint density at radius 3 is 2.33 bits per heavy atom. The monoisotopic (exact) mass is 473 g/mol. The van der Waals surface area contributed by atoms with Crippen LogP contribution < -0.4 is 10.6 Å². The van der Waals surface area contributed by atoms with Gasteiger partial charge >= 0.3 is 6.03 Å². The average molecular weight is 474 g/mol. The largest absolute Gasteiger partial charge is 0.323 e. The van der Waals surface area contributed by atoms with Crippen LogP contribution in [0, 0.1) is 5.82 Å². The summed E-state index contributed by atoms with van der Waals surface area (Å²) in [5.74, 6) is -0.307. The minimum atomic E-state index is -0.380. The van der Waals surface area contributed by atoms with Crippen molar-refractivity contribution < 1.29 is 9.18 Å². The van der Waals surface area contributed by atoms with E-state index in [1.165, 1.54) is 23.5 Å². The lowest BCUT2D eigenvalue weighted by molar-refractivity contribution is 0.262. The van der Waals surface area contributed by atoms with E-state index < -0.39 is 0 Å². The minimum absolute atomic E-state index is 0.307. The van der Waals surface area contributed by atoms with E-state index in [0.717, 1.165) is 32.6 Å². The number of carbonyl (C=O) groups is 1. The SMILES string of the molecule is O=C(Nc1ccc(Cl)cc1)Nc1csc2nc(-c3ccccc3)cc(-c3ccc(F)cc3)c12. The smallest absolute Gasteiger partial charge is 0.308 e. The van der Waals surface area contributed by atoms with Crippen LogP contribution in [-0.4, -0.2) is 11.0 Å². The zero-order chi connectivity index (χ0) is 22.8. The van der Waals surface area contributed by atoms with Gasteiger partial charge in [-0.25, -0.2) is 14.2 Å². The Labute approximate surface area is 198 Å². The standard InChI is InChI=1S/C26H17ClFN3OS/c27-18-8-12-20(13-9-18)29-26(32)31-23-15-33-25-24(23)21(16-6-10-19(28)11-7-16)14-22(30-25)17-4-2-1-3-5-17/h1-15H,(H2,29,31,32). The van der Waals surface area contributed by atoms with E-state index in [-0.39, 0.29) is 11.8 Å². The average Bonchev–Trinajstić information content (AvgIpc) is 3.23. The van der Waals surface area contributed by atoms with Gasteiger partial charge in [-0.05, 0) is 53.6 Å². The molecule has 0 spiro atoms. The van der Waals surface area contributed by atoms with Crippen molar-refractivity contribution in [3.8, 4) is 22.4 Å². The topological polar surface area (TPSA) is 54.0 Å². The van der Waals surface area contributed by atoms with Crippen LogP contribution in [-0.2, 0) is 0 Å². The molecule has 0 atom stereocenters. The number of thiophene rings is 1. The first-order valence-electron chi connectivity index (χ1n) is 10.1. The molecule has 0 aliphatic carbocycles. The molecule has 0 aliphatic rings. The second kappa shape index (κ2) is 9.02. The zero-order valence-electron chi connectivity index (χ0n) is 17.2. The fourth-order valence-corrected chi connectivity index (χ4v) is 4.59. The number of rotatable bonds is 4. The lowest BCUT2D eigenvalue weighted by Crippen LogP contribution is -2.19. The van der Waals surface area contributed by atoms with E-state index in [1.807, 2.05) is 41.8 Å². The number of nitrogens with zero attached hydrogens (tertiary/aromatic N) is 1. The molecule has 162 valence electrons. The molecule has 2 N–H and O–H groups in total. The first-order valence-corrected chi connectivity index (χ1v) is 11.4. The Balaban J connectivity index is 1.56. The van der Waals surface area contributed by atoms with Crippen LogP contribution >= 0.6 is 22.9 Å². The van der Waals surface area contributed by atoms with Gasteiger partial charge in [-0.3, -0.25) is 0 Å². The third-order valence-corrected chi connectivity index (χ3v) is 6.24. The van der Waals surface area contributed by atoms with Gasteiger partial charge in [0.05, 0.1) is 11.4 Å². The van der Waals surface area contributed by atoms with Gasteiger partial charge in [-0.1, -0.05) is 54.1 Å². The summed E-state index contributed by atoms with van der Waals surface area (Å²) in [5.41, 5.74) is 4.74. The third-order valence-electron chi connectivity index (χ3n) is 5.12. The molecule has 0 saturated heterocycles. The van der Waals surface area contributed by atoms with Gasteiger partial charge < -0.3 is 10.6 Å². The third kappa shape index (κ3) is 4.58. The van der Waals surface area contributed by atoms with Crippen molar-refractivity contribution in [2.24, 2.45) is 0 Å². The summed E-state index contributed by atoms with van der Waals surface area (Å²) in [6, 6.07) is 24.6. The quantitative estimate of drug-likeness (QED) is 0.277. The molecule has 0 unspecified atom stereocenters. The summed E-state index contributed by atoms with van der Waals surface area (Å²) in [6.45, 7) is 0. The van der Waals surface area contributed by atoms with E-state index in [0.29, 0.717) is 16.4 Å². The first kappa shape index (κ1) is 21.1. The number of hydrogen-bond acceptors (Lipinski definition) is 3. The number of halogens is 2. The number of benzene rings is 3. The van der Waals surface area contributed by atoms with E-state index in [9.17, 15) is 9.18 Å². The van der Waals surface area contributed by atoms with Crippen LogP contribution in [0.25, 0.3) is 32.6 Å². The maximum Gasteiger partial charge on any atom is 0.323 e. The van der Waals surface area contributed by atoms with Crippen LogP contribution in [0.4, 0.5) is 20.6 Å². The van der Waals surface area contributed by atoms with Gasteiger partial charge in [-0.15, -0.1) is 11.3 Å². The molecule has 7 heteroatoms. The highest BCUT2D eigenvalue weighted by Crippen LogP contribution is 2.39. The molecule has 4 nitrogen and oxygen atoms in total. The van der Waals surface area contributed by atoms with Gasteiger partial charge in [0.15, 0.2) is 0 Å². The lowest BCUT2D eigenvalue weighted by Gasteiger charge is -2.11. The molecule has 5 rings (SSSR count). The molecule has 0 bridgehead atoms. The summed E-state index contributed by atoms with van der Waals surface area (Å²) in [4.78, 5) is 18.3. The zero-order valence-corrected chi connectivity index (χ0v) is 18.8. The van der Waals surface area contributed by atoms with Crippen molar-refractivity contribution in [3.05, 3.63) is 101 Å². The molecule has 0 saturated carbocycles. The van der Waals surface area contributed by atoms with E-state index in [1.54, 1.807) is 36.4 Å². The predicted octanol–water partition coefficient (Wildman–Crippen LogP) is 8.07. The Morgan fingerprint density at radius 1 is 0.879 bits per heavy atom. The van der Waals surface area contributed by atoms with Crippen LogP contribution in [0.2, 0.25) is 5.02 Å². The maximum absolute atomic E-state index is 13.6. The van der Waals surface area contributed by atoms with E-state index >= 15 is 0 Å². The maximum atomic E-state index is 13.6. The Morgan fingerprint density at radius 2 is 1.61 bits per heavy atom. The molecular formula is C26H17ClFN3OS. The van der Waals surface area contributed by atoms with Gasteiger partial charge in [0.1, 0.15) is 10.6 Å². The highest BCUT2D eigenvalue weighted by molar-refractivity contribution is 7.17. The van der Waals surface area contributed by atoms with Crippen LogP contribution in [0.3, 0.4) is 0 Å². The molecule has 2 aromatic heterocycles. The summed E-state index contributed by atoms with van der Waals surface area (Å²) in [5, 5.41) is 8.98. The molecule has 2 heterocycles. The molecule has 3 aromatic carbocycles. The number of anilines is 2. The summed E-state index contributed by atoms with van der Waals surface area (Å²) >= 11 is 7.35. The number of nitrogens with one attached hydrogen (secondary N) is 2. The Bertz CT molecular complexity index is 1430. The van der Waals surface area contributed by atoms with Gasteiger partial charge in [0, 0.05) is 27.0 Å². The molecule has 0 fully saturated rings. The second-order valence-electron chi connectivity index (χ2n) is 7.34. The van der Waals surface area contributed by atoms with Crippen LogP contribution in [0.15, 0.2) is 90.3 Å². The first-order chi connectivity index (χ1) is 16.1. The fraction of sp³-hybridized carbons (Fsp3) is 0. The van der Waals surface area contributed by atoms with E-state index in [4.69, 9.17) is 16.6 Å². The minimum Gasteiger partial charge on any atom is -0.308 e. The van der Waals surface area contributed by atoms with E-state index in [2.05, 4.69) is 10.6 Å². The molecule has 0 radical (unpaired) electrons. The molecular weight excluding hydrogens is 457 g/mol. The summed E-state index contributed by atoms with van der Waals surface area (Å²) < 4.78 is 13.6. The van der Waals surface area contributed by atoms with Crippen molar-refractivity contribution in [1.82, 2.24) is 4.98 Å². The van der Waals surface area contributed by atoms with Crippen molar-refractivity contribution in [2.75, 3.05) is 10.6 Å². The van der Waals surface area contributed by atoms with Crippen molar-refractivity contribution in [1.29, 1.82) is 0 Å². The normalized spacial score (nSPS) is 10.8. The molecule has 5 aromatic rings. The number of carbonyl (C=O) groups excluding carboxylic acids is 1.